The molecule has 0 amide bonds. The molecule has 1 rings (SSSR count). The number of oxime groups is 1. The molecule has 2 atom stereocenters. The molecule has 0 fully saturated rings. The zero-order chi connectivity index (χ0) is 20.1. The number of hydrogen-bond donors (Lipinski definition) is 1. The molecule has 0 bridgehead atoms. The van der Waals surface area contributed by atoms with Crippen LogP contribution in [-0.4, -0.2) is 57.9 Å². The molecule has 0 radical (unpaired) electrons. The number of benzene rings is 1. The van der Waals surface area contributed by atoms with Gasteiger partial charge in [-0.05, 0) is 18.1 Å². The second-order valence-electron chi connectivity index (χ2n) is 5.70. The van der Waals surface area contributed by atoms with Gasteiger partial charge < -0.3 is 28.9 Å². The molecule has 1 aromatic carbocycles. The molecule has 8 nitrogen and oxygen atoms in total. The maximum Gasteiger partial charge on any atom is 0.302 e. The molecule has 1 N–H and O–H groups in total. The van der Waals surface area contributed by atoms with E-state index >= 15 is 0 Å². The summed E-state index contributed by atoms with van der Waals surface area (Å²) in [4.78, 5) is 11.0. The van der Waals surface area contributed by atoms with Crippen LogP contribution in [0, 0.1) is 0 Å². The average Bonchev–Trinajstić information content (AvgIpc) is 2.65. The number of esters is 1. The van der Waals surface area contributed by atoms with Crippen molar-refractivity contribution in [1.82, 2.24) is 0 Å². The lowest BCUT2D eigenvalue weighted by Crippen LogP contribution is -2.26. The molecular weight excluding hydrogens is 354 g/mol. The number of nitrogens with zero attached hydrogens (tertiary/aromatic N) is 1. The molecule has 1 aromatic rings. The summed E-state index contributed by atoms with van der Waals surface area (Å²) in [5.41, 5.74) is 2.19. The summed E-state index contributed by atoms with van der Waals surface area (Å²) in [5, 5.41) is 12.1. The number of rotatable bonds is 12. The van der Waals surface area contributed by atoms with Crippen molar-refractivity contribution in [2.24, 2.45) is 5.16 Å². The van der Waals surface area contributed by atoms with Gasteiger partial charge in [0.2, 0.25) is 0 Å². The van der Waals surface area contributed by atoms with Crippen molar-refractivity contribution < 1.29 is 33.7 Å². The fourth-order valence-electron chi connectivity index (χ4n) is 2.37. The summed E-state index contributed by atoms with van der Waals surface area (Å²) >= 11 is 0. The largest absolute Gasteiger partial charge is 0.461 e. The van der Waals surface area contributed by atoms with E-state index in [-0.39, 0.29) is 26.2 Å². The van der Waals surface area contributed by atoms with Crippen LogP contribution in [0.4, 0.5) is 0 Å². The number of methoxy groups -OCH3 is 2. The summed E-state index contributed by atoms with van der Waals surface area (Å²) in [7, 11) is 3.04. The van der Waals surface area contributed by atoms with E-state index < -0.39 is 12.2 Å². The summed E-state index contributed by atoms with van der Waals surface area (Å²) < 4.78 is 26.7. The zero-order valence-corrected chi connectivity index (χ0v) is 16.1. The lowest BCUT2D eigenvalue weighted by atomic mass is 9.97. The first-order chi connectivity index (χ1) is 13.0. The highest BCUT2D eigenvalue weighted by molar-refractivity contribution is 5.81. The second kappa shape index (κ2) is 13.0. The first-order valence-corrected chi connectivity index (χ1v) is 8.31. The molecule has 27 heavy (non-hydrogen) atoms. The predicted octanol–water partition coefficient (Wildman–Crippen LogP) is 2.65. The van der Waals surface area contributed by atoms with Gasteiger partial charge in [-0.25, -0.2) is 0 Å². The van der Waals surface area contributed by atoms with Gasteiger partial charge in [0, 0.05) is 26.7 Å². The Hall–Kier alpha value is -2.26. The molecule has 0 saturated carbocycles. The zero-order valence-electron chi connectivity index (χ0n) is 16.1. The van der Waals surface area contributed by atoms with Gasteiger partial charge in [-0.15, -0.1) is 0 Å². The van der Waals surface area contributed by atoms with Gasteiger partial charge in [0.15, 0.2) is 0 Å². The van der Waals surface area contributed by atoms with E-state index in [1.165, 1.54) is 27.4 Å². The topological polar surface area (TPSA) is 95.8 Å². The highest BCUT2D eigenvalue weighted by atomic mass is 16.7. The monoisotopic (exact) mass is 381 g/mol. The predicted molar refractivity (Wildman–Crippen MR) is 98.7 cm³/mol. The van der Waals surface area contributed by atoms with Gasteiger partial charge in [-0.1, -0.05) is 35.5 Å². The van der Waals surface area contributed by atoms with E-state index in [1.54, 1.807) is 12.1 Å². The van der Waals surface area contributed by atoms with E-state index in [9.17, 15) is 4.79 Å². The van der Waals surface area contributed by atoms with Gasteiger partial charge in [-0.2, -0.15) is 0 Å². The molecule has 0 aliphatic heterocycles. The Balaban J connectivity index is 3.22. The van der Waals surface area contributed by atoms with Gasteiger partial charge in [0.05, 0.1) is 6.21 Å². The third-order valence-corrected chi connectivity index (χ3v) is 3.49. The molecule has 2 unspecified atom stereocenters. The molecule has 0 aliphatic carbocycles. The maximum atomic E-state index is 11.0. The summed E-state index contributed by atoms with van der Waals surface area (Å²) in [6.07, 6.45) is 1.97. The fourth-order valence-corrected chi connectivity index (χ4v) is 2.37. The standard InChI is InChI=1S/C19H27NO7/c1-14(11-25-15(2)21)9-18(26-12-23-3)19(27-13-24-4)17-8-6-5-7-16(17)10-20-22/h5-10,18-19,22H,11-13H2,1-4H3/b14-9+,20-10+. The van der Waals surface area contributed by atoms with Gasteiger partial charge in [-0.3, -0.25) is 4.79 Å². The van der Waals surface area contributed by atoms with Crippen molar-refractivity contribution in [2.75, 3.05) is 34.4 Å². The molecule has 0 heterocycles. The van der Waals surface area contributed by atoms with Gasteiger partial charge in [0.1, 0.15) is 32.4 Å². The number of carbonyl (C=O) groups is 1. The summed E-state index contributed by atoms with van der Waals surface area (Å²) in [6, 6.07) is 7.30. The molecule has 0 aliphatic rings. The SMILES string of the molecule is COCOC(/C=C(\C)COC(C)=O)C(OCOC)c1ccccc1/C=N/O. The van der Waals surface area contributed by atoms with Crippen LogP contribution in [-0.2, 0) is 28.5 Å². The maximum absolute atomic E-state index is 11.0. The molecule has 0 aromatic heterocycles. The Morgan fingerprint density at radius 1 is 1.15 bits per heavy atom. The highest BCUT2D eigenvalue weighted by Gasteiger charge is 2.26. The molecule has 8 heteroatoms. The van der Waals surface area contributed by atoms with Crippen molar-refractivity contribution >= 4 is 12.2 Å². The van der Waals surface area contributed by atoms with Crippen LogP contribution in [0.3, 0.4) is 0 Å². The van der Waals surface area contributed by atoms with Crippen molar-refractivity contribution in [3.63, 3.8) is 0 Å². The van der Waals surface area contributed by atoms with Crippen molar-refractivity contribution in [2.45, 2.75) is 26.1 Å². The third kappa shape index (κ3) is 8.31. The fraction of sp³-hybridized carbons (Fsp3) is 0.474. The van der Waals surface area contributed by atoms with E-state index in [4.69, 9.17) is 28.9 Å². The normalized spacial score (nSPS) is 14.3. The van der Waals surface area contributed by atoms with Crippen molar-refractivity contribution in [1.29, 1.82) is 0 Å². The smallest absolute Gasteiger partial charge is 0.302 e. The number of carbonyl (C=O) groups excluding carboxylic acids is 1. The minimum atomic E-state index is -0.582. The Morgan fingerprint density at radius 2 is 1.81 bits per heavy atom. The van der Waals surface area contributed by atoms with Crippen LogP contribution >= 0.6 is 0 Å². The van der Waals surface area contributed by atoms with Crippen LogP contribution in [0.1, 0.15) is 31.1 Å². The number of ether oxygens (including phenoxy) is 5. The Labute approximate surface area is 159 Å². The molecule has 0 saturated heterocycles. The molecular formula is C19H27NO7. The third-order valence-electron chi connectivity index (χ3n) is 3.49. The molecule has 0 spiro atoms. The average molecular weight is 381 g/mol. The van der Waals surface area contributed by atoms with Crippen molar-refractivity contribution in [3.05, 3.63) is 47.0 Å². The minimum Gasteiger partial charge on any atom is -0.461 e. The van der Waals surface area contributed by atoms with Crippen LogP contribution in [0.15, 0.2) is 41.1 Å². The van der Waals surface area contributed by atoms with Gasteiger partial charge in [0.25, 0.3) is 0 Å². The first kappa shape index (κ1) is 22.8. The highest BCUT2D eigenvalue weighted by Crippen LogP contribution is 2.28. The quantitative estimate of drug-likeness (QED) is 0.148. The van der Waals surface area contributed by atoms with E-state index in [0.29, 0.717) is 5.56 Å². The van der Waals surface area contributed by atoms with Gasteiger partial charge >= 0.3 is 5.97 Å². The Kier molecular flexibility index (Phi) is 11.0. The van der Waals surface area contributed by atoms with Crippen LogP contribution in [0.5, 0.6) is 0 Å². The molecule has 150 valence electrons. The Bertz CT molecular complexity index is 630. The van der Waals surface area contributed by atoms with Crippen LogP contribution < -0.4 is 0 Å². The van der Waals surface area contributed by atoms with E-state index in [2.05, 4.69) is 5.16 Å². The minimum absolute atomic E-state index is 0.0267. The van der Waals surface area contributed by atoms with Crippen LogP contribution in [0.2, 0.25) is 0 Å². The first-order valence-electron chi connectivity index (χ1n) is 8.31. The Morgan fingerprint density at radius 3 is 2.44 bits per heavy atom. The van der Waals surface area contributed by atoms with Crippen LogP contribution in [0.25, 0.3) is 0 Å². The van der Waals surface area contributed by atoms with E-state index in [0.717, 1.165) is 11.1 Å². The van der Waals surface area contributed by atoms with Crippen molar-refractivity contribution in [3.8, 4) is 0 Å². The second-order valence-corrected chi connectivity index (χ2v) is 5.70. The number of hydrogen-bond acceptors (Lipinski definition) is 8. The van der Waals surface area contributed by atoms with E-state index in [1.807, 2.05) is 25.1 Å². The summed E-state index contributed by atoms with van der Waals surface area (Å²) in [6.45, 7) is 3.37. The lowest BCUT2D eigenvalue weighted by molar-refractivity contribution is -0.146. The lowest BCUT2D eigenvalue weighted by Gasteiger charge is -2.27. The summed E-state index contributed by atoms with van der Waals surface area (Å²) in [5.74, 6) is -0.367.